The predicted octanol–water partition coefficient (Wildman–Crippen LogP) is 4.83. The van der Waals surface area contributed by atoms with Crippen molar-refractivity contribution >= 4 is 27.5 Å². The van der Waals surface area contributed by atoms with Crippen molar-refractivity contribution in [2.75, 3.05) is 7.11 Å². The van der Waals surface area contributed by atoms with E-state index in [0.29, 0.717) is 5.75 Å². The molecule has 0 atom stereocenters. The maximum absolute atomic E-state index is 13.7. The summed E-state index contributed by atoms with van der Waals surface area (Å²) in [5.41, 5.74) is 0.860. The molecule has 0 N–H and O–H groups in total. The molecule has 0 aliphatic rings. The topological polar surface area (TPSA) is 18.5 Å². The third-order valence-electron chi connectivity index (χ3n) is 2.55. The summed E-state index contributed by atoms with van der Waals surface area (Å²) in [5.74, 6) is 0.291. The van der Waals surface area contributed by atoms with E-state index in [9.17, 15) is 4.39 Å². The average Bonchev–Trinajstić information content (AvgIpc) is 2.42. The lowest BCUT2D eigenvalue weighted by Gasteiger charge is -2.10. The molecule has 0 bridgehead atoms. The first-order chi connectivity index (χ1) is 9.11. The van der Waals surface area contributed by atoms with Gasteiger partial charge in [0.05, 0.1) is 12.1 Å². The molecule has 0 spiro atoms. The van der Waals surface area contributed by atoms with Crippen LogP contribution in [-0.2, 0) is 6.61 Å². The van der Waals surface area contributed by atoms with Crippen molar-refractivity contribution in [1.29, 1.82) is 0 Å². The Hall–Kier alpha value is -1.26. The van der Waals surface area contributed by atoms with Crippen LogP contribution in [0.1, 0.15) is 5.56 Å². The SMILES string of the molecule is COc1ccc(Br)c(COc2cccc(Cl)c2F)c1. The van der Waals surface area contributed by atoms with Crippen molar-refractivity contribution in [3.63, 3.8) is 0 Å². The second-order valence-corrected chi connectivity index (χ2v) is 5.06. The molecule has 2 nitrogen and oxygen atoms in total. The Balaban J connectivity index is 2.16. The van der Waals surface area contributed by atoms with Crippen LogP contribution in [0.15, 0.2) is 40.9 Å². The maximum atomic E-state index is 13.7. The van der Waals surface area contributed by atoms with Crippen LogP contribution in [0.4, 0.5) is 4.39 Å². The van der Waals surface area contributed by atoms with Crippen LogP contribution in [-0.4, -0.2) is 7.11 Å². The molecule has 0 saturated heterocycles. The first-order valence-electron chi connectivity index (χ1n) is 5.51. The van der Waals surface area contributed by atoms with E-state index in [4.69, 9.17) is 21.1 Å². The molecule has 5 heteroatoms. The van der Waals surface area contributed by atoms with Gasteiger partial charge >= 0.3 is 0 Å². The number of hydrogen-bond acceptors (Lipinski definition) is 2. The average molecular weight is 346 g/mol. The molecule has 0 aliphatic heterocycles. The van der Waals surface area contributed by atoms with E-state index < -0.39 is 5.82 Å². The summed E-state index contributed by atoms with van der Waals surface area (Å²) in [7, 11) is 1.59. The zero-order valence-corrected chi connectivity index (χ0v) is 12.5. The van der Waals surface area contributed by atoms with Crippen molar-refractivity contribution < 1.29 is 13.9 Å². The molecule has 0 heterocycles. The third kappa shape index (κ3) is 3.39. The van der Waals surface area contributed by atoms with Crippen LogP contribution in [0, 0.1) is 5.82 Å². The predicted molar refractivity (Wildman–Crippen MR) is 76.4 cm³/mol. The van der Waals surface area contributed by atoms with Gasteiger partial charge in [-0.2, -0.15) is 0 Å². The molecule has 2 rings (SSSR count). The molecule has 0 saturated carbocycles. The van der Waals surface area contributed by atoms with E-state index in [2.05, 4.69) is 15.9 Å². The van der Waals surface area contributed by atoms with E-state index in [1.807, 2.05) is 18.2 Å². The standard InChI is InChI=1S/C14H11BrClFO2/c1-18-10-5-6-11(15)9(7-10)8-19-13-4-2-3-12(16)14(13)17/h2-7H,8H2,1H3. The lowest BCUT2D eigenvalue weighted by atomic mass is 10.2. The maximum Gasteiger partial charge on any atom is 0.183 e. The molecule has 2 aromatic carbocycles. The fourth-order valence-corrected chi connectivity index (χ4v) is 2.07. The van der Waals surface area contributed by atoms with E-state index in [0.717, 1.165) is 10.0 Å². The number of benzene rings is 2. The van der Waals surface area contributed by atoms with Gasteiger partial charge in [-0.25, -0.2) is 4.39 Å². The normalized spacial score (nSPS) is 10.3. The Morgan fingerprint density at radius 3 is 2.79 bits per heavy atom. The first kappa shape index (κ1) is 14.2. The van der Waals surface area contributed by atoms with Gasteiger partial charge in [0.15, 0.2) is 11.6 Å². The smallest absolute Gasteiger partial charge is 0.183 e. The fraction of sp³-hybridized carbons (Fsp3) is 0.143. The fourth-order valence-electron chi connectivity index (χ4n) is 1.54. The summed E-state index contributed by atoms with van der Waals surface area (Å²) in [6.45, 7) is 0.217. The van der Waals surface area contributed by atoms with Gasteiger partial charge in [-0.3, -0.25) is 0 Å². The van der Waals surface area contributed by atoms with Crippen LogP contribution in [0.25, 0.3) is 0 Å². The van der Waals surface area contributed by atoms with Crippen molar-refractivity contribution in [2.45, 2.75) is 6.61 Å². The third-order valence-corrected chi connectivity index (χ3v) is 3.62. The molecule has 0 aromatic heterocycles. The highest BCUT2D eigenvalue weighted by Crippen LogP contribution is 2.27. The summed E-state index contributed by atoms with van der Waals surface area (Å²) in [5, 5.41) is 0.0437. The largest absolute Gasteiger partial charge is 0.497 e. The Labute approximate surface area is 124 Å². The van der Waals surface area contributed by atoms with Gasteiger partial charge in [0, 0.05) is 10.0 Å². The number of hydrogen-bond donors (Lipinski definition) is 0. The quantitative estimate of drug-likeness (QED) is 0.790. The zero-order valence-electron chi connectivity index (χ0n) is 10.1. The van der Waals surface area contributed by atoms with Crippen molar-refractivity contribution in [1.82, 2.24) is 0 Å². The summed E-state index contributed by atoms with van der Waals surface area (Å²) in [6.07, 6.45) is 0. The molecule has 0 unspecified atom stereocenters. The van der Waals surface area contributed by atoms with Crippen LogP contribution >= 0.6 is 27.5 Å². The van der Waals surface area contributed by atoms with E-state index in [1.165, 1.54) is 12.1 Å². The van der Waals surface area contributed by atoms with Gasteiger partial charge in [0.2, 0.25) is 0 Å². The Bertz CT molecular complexity index is 590. The highest BCUT2D eigenvalue weighted by atomic mass is 79.9. The second kappa shape index (κ2) is 6.26. The zero-order chi connectivity index (χ0) is 13.8. The van der Waals surface area contributed by atoms with E-state index in [-0.39, 0.29) is 17.4 Å². The van der Waals surface area contributed by atoms with Gasteiger partial charge in [0.25, 0.3) is 0 Å². The van der Waals surface area contributed by atoms with E-state index >= 15 is 0 Å². The summed E-state index contributed by atoms with van der Waals surface area (Å²) in [6, 6.07) is 10.2. The Kier molecular flexibility index (Phi) is 4.66. The first-order valence-corrected chi connectivity index (χ1v) is 6.68. The van der Waals surface area contributed by atoms with Crippen molar-refractivity contribution in [3.8, 4) is 11.5 Å². The van der Waals surface area contributed by atoms with E-state index in [1.54, 1.807) is 13.2 Å². The van der Waals surface area contributed by atoms with Gasteiger partial charge in [-0.1, -0.05) is 33.6 Å². The van der Waals surface area contributed by atoms with Crippen LogP contribution in [0.3, 0.4) is 0 Å². The van der Waals surface area contributed by atoms with Crippen LogP contribution in [0.2, 0.25) is 5.02 Å². The minimum absolute atomic E-state index is 0.0437. The van der Waals surface area contributed by atoms with Crippen molar-refractivity contribution in [3.05, 3.63) is 57.3 Å². The molecule has 2 aromatic rings. The minimum atomic E-state index is -0.553. The molecular weight excluding hydrogens is 335 g/mol. The molecule has 0 amide bonds. The molecule has 0 aliphatic carbocycles. The Morgan fingerprint density at radius 1 is 1.26 bits per heavy atom. The molecule has 0 radical (unpaired) electrons. The molecule has 100 valence electrons. The minimum Gasteiger partial charge on any atom is -0.497 e. The van der Waals surface area contributed by atoms with Gasteiger partial charge < -0.3 is 9.47 Å². The lowest BCUT2D eigenvalue weighted by Crippen LogP contribution is -1.99. The Morgan fingerprint density at radius 2 is 2.05 bits per heavy atom. The highest BCUT2D eigenvalue weighted by molar-refractivity contribution is 9.10. The van der Waals surface area contributed by atoms with Gasteiger partial charge in [0.1, 0.15) is 12.4 Å². The molecule has 19 heavy (non-hydrogen) atoms. The van der Waals surface area contributed by atoms with Crippen molar-refractivity contribution in [2.24, 2.45) is 0 Å². The monoisotopic (exact) mass is 344 g/mol. The number of ether oxygens (including phenoxy) is 2. The number of rotatable bonds is 4. The lowest BCUT2D eigenvalue weighted by molar-refractivity contribution is 0.289. The summed E-state index contributed by atoms with van der Waals surface area (Å²) < 4.78 is 25.1. The molecular formula is C14H11BrClFO2. The van der Waals surface area contributed by atoms with Crippen LogP contribution < -0.4 is 9.47 Å². The highest BCUT2D eigenvalue weighted by Gasteiger charge is 2.09. The summed E-state index contributed by atoms with van der Waals surface area (Å²) >= 11 is 9.10. The van der Waals surface area contributed by atoms with Gasteiger partial charge in [-0.15, -0.1) is 0 Å². The number of methoxy groups -OCH3 is 1. The van der Waals surface area contributed by atoms with Crippen LogP contribution in [0.5, 0.6) is 11.5 Å². The van der Waals surface area contributed by atoms with Gasteiger partial charge in [-0.05, 0) is 30.3 Å². The second-order valence-electron chi connectivity index (χ2n) is 3.80. The molecule has 0 fully saturated rings. The number of halogens is 3. The summed E-state index contributed by atoms with van der Waals surface area (Å²) in [4.78, 5) is 0.